The molecule has 84 valence electrons. The second kappa shape index (κ2) is 3.35. The van der Waals surface area contributed by atoms with Crippen LogP contribution in [0.1, 0.15) is 19.8 Å². The molecule has 3 fully saturated rings. The average Bonchev–Trinajstić information content (AvgIpc) is 2.90. The van der Waals surface area contributed by atoms with E-state index in [-0.39, 0.29) is 0 Å². The van der Waals surface area contributed by atoms with Crippen LogP contribution >= 0.6 is 0 Å². The molecule has 6 unspecified atom stereocenters. The Bertz CT molecular complexity index is 273. The van der Waals surface area contributed by atoms with Gasteiger partial charge in [-0.15, -0.1) is 6.58 Å². The third kappa shape index (κ3) is 1.39. The van der Waals surface area contributed by atoms with Gasteiger partial charge in [-0.3, -0.25) is 0 Å². The Morgan fingerprint density at radius 2 is 1.93 bits per heavy atom. The van der Waals surface area contributed by atoms with E-state index in [0.717, 1.165) is 35.5 Å². The average molecular weight is 205 g/mol. The maximum atomic E-state index is 3.95. The quantitative estimate of drug-likeness (QED) is 0.626. The topological polar surface area (TPSA) is 3.24 Å². The van der Waals surface area contributed by atoms with Gasteiger partial charge < -0.3 is 4.90 Å². The van der Waals surface area contributed by atoms with Gasteiger partial charge >= 0.3 is 0 Å². The second-order valence-corrected chi connectivity index (χ2v) is 6.16. The maximum absolute atomic E-state index is 3.95. The van der Waals surface area contributed by atoms with Crippen molar-refractivity contribution in [2.24, 2.45) is 35.5 Å². The van der Waals surface area contributed by atoms with Gasteiger partial charge in [0.1, 0.15) is 0 Å². The Labute approximate surface area is 93.5 Å². The summed E-state index contributed by atoms with van der Waals surface area (Å²) in [5, 5.41) is 0. The summed E-state index contributed by atoms with van der Waals surface area (Å²) in [5.74, 6) is 6.06. The van der Waals surface area contributed by atoms with E-state index < -0.39 is 0 Å². The molecule has 3 rings (SSSR count). The molecule has 1 aliphatic heterocycles. The van der Waals surface area contributed by atoms with E-state index in [2.05, 4.69) is 31.5 Å². The molecule has 0 N–H and O–H groups in total. The van der Waals surface area contributed by atoms with Gasteiger partial charge in [0.05, 0.1) is 0 Å². The summed E-state index contributed by atoms with van der Waals surface area (Å²) in [7, 11) is 2.29. The molecular weight excluding hydrogens is 182 g/mol. The van der Waals surface area contributed by atoms with Crippen molar-refractivity contribution < 1.29 is 0 Å². The standard InChI is InChI=1S/C14H23N/c1-4-5-10-12-6-11(12)9(2)13-7-15(3)8-14(10)13/h4,9-14H,1,5-8H2,2-3H3. The lowest BCUT2D eigenvalue weighted by atomic mass is 9.68. The van der Waals surface area contributed by atoms with Crippen molar-refractivity contribution in [2.75, 3.05) is 20.1 Å². The Morgan fingerprint density at radius 1 is 1.20 bits per heavy atom. The molecule has 1 nitrogen and oxygen atoms in total. The van der Waals surface area contributed by atoms with Crippen molar-refractivity contribution in [1.29, 1.82) is 0 Å². The molecule has 15 heavy (non-hydrogen) atoms. The third-order valence-corrected chi connectivity index (χ3v) is 5.38. The van der Waals surface area contributed by atoms with Crippen molar-refractivity contribution >= 4 is 0 Å². The highest BCUT2D eigenvalue weighted by molar-refractivity contribution is 5.08. The molecule has 2 saturated carbocycles. The van der Waals surface area contributed by atoms with Crippen LogP contribution in [-0.2, 0) is 0 Å². The van der Waals surface area contributed by atoms with Crippen LogP contribution in [0.15, 0.2) is 12.7 Å². The van der Waals surface area contributed by atoms with Gasteiger partial charge in [-0.1, -0.05) is 13.0 Å². The number of nitrogens with zero attached hydrogens (tertiary/aromatic N) is 1. The number of hydrogen-bond donors (Lipinski definition) is 0. The van der Waals surface area contributed by atoms with Gasteiger partial charge in [0, 0.05) is 13.1 Å². The summed E-state index contributed by atoms with van der Waals surface area (Å²) in [6.45, 7) is 9.15. The zero-order valence-corrected chi connectivity index (χ0v) is 10.0. The highest BCUT2D eigenvalue weighted by Crippen LogP contribution is 2.61. The molecule has 0 aromatic heterocycles. The summed E-state index contributed by atoms with van der Waals surface area (Å²) in [6.07, 6.45) is 4.95. The summed E-state index contributed by atoms with van der Waals surface area (Å²) >= 11 is 0. The first kappa shape index (κ1) is 9.89. The largest absolute Gasteiger partial charge is 0.306 e. The molecule has 0 aromatic carbocycles. The zero-order chi connectivity index (χ0) is 10.6. The SMILES string of the molecule is C=CCC1C2CC2C(C)C2CN(C)CC21. The Balaban J connectivity index is 1.82. The Hall–Kier alpha value is -0.300. The van der Waals surface area contributed by atoms with Crippen molar-refractivity contribution in [1.82, 2.24) is 4.90 Å². The van der Waals surface area contributed by atoms with E-state index in [4.69, 9.17) is 0 Å². The lowest BCUT2D eigenvalue weighted by Crippen LogP contribution is -2.34. The van der Waals surface area contributed by atoms with Crippen LogP contribution in [0.2, 0.25) is 0 Å². The molecule has 0 bridgehead atoms. The van der Waals surface area contributed by atoms with Gasteiger partial charge in [-0.2, -0.15) is 0 Å². The van der Waals surface area contributed by atoms with Gasteiger partial charge in [-0.25, -0.2) is 0 Å². The molecule has 0 spiro atoms. The van der Waals surface area contributed by atoms with Gasteiger partial charge in [-0.05, 0) is 55.4 Å². The zero-order valence-electron chi connectivity index (χ0n) is 10.0. The molecule has 6 atom stereocenters. The molecule has 1 saturated heterocycles. The highest BCUT2D eigenvalue weighted by atomic mass is 15.1. The number of hydrogen-bond acceptors (Lipinski definition) is 1. The van der Waals surface area contributed by atoms with E-state index in [1.165, 1.54) is 25.9 Å². The molecule has 1 heteroatoms. The Kier molecular flexibility index (Phi) is 2.21. The lowest BCUT2D eigenvalue weighted by Gasteiger charge is -2.36. The van der Waals surface area contributed by atoms with Crippen LogP contribution in [0.5, 0.6) is 0 Å². The van der Waals surface area contributed by atoms with Crippen molar-refractivity contribution in [3.05, 3.63) is 12.7 Å². The molecule has 0 amide bonds. The molecule has 3 aliphatic rings. The van der Waals surface area contributed by atoms with E-state index >= 15 is 0 Å². The van der Waals surface area contributed by atoms with Crippen molar-refractivity contribution in [2.45, 2.75) is 19.8 Å². The smallest absolute Gasteiger partial charge is 0.00128 e. The van der Waals surface area contributed by atoms with Crippen molar-refractivity contribution in [3.63, 3.8) is 0 Å². The van der Waals surface area contributed by atoms with E-state index in [1.807, 2.05) is 0 Å². The number of rotatable bonds is 2. The number of fused-ring (bicyclic) bond motifs is 2. The molecule has 0 aromatic rings. The van der Waals surface area contributed by atoms with Crippen LogP contribution in [0.3, 0.4) is 0 Å². The fraction of sp³-hybridized carbons (Fsp3) is 0.857. The van der Waals surface area contributed by atoms with Gasteiger partial charge in [0.2, 0.25) is 0 Å². The third-order valence-electron chi connectivity index (χ3n) is 5.38. The van der Waals surface area contributed by atoms with Crippen LogP contribution in [-0.4, -0.2) is 25.0 Å². The first-order valence-electron chi connectivity index (χ1n) is 6.51. The summed E-state index contributed by atoms with van der Waals surface area (Å²) in [4.78, 5) is 2.55. The fourth-order valence-corrected chi connectivity index (χ4v) is 4.58. The van der Waals surface area contributed by atoms with Crippen molar-refractivity contribution in [3.8, 4) is 0 Å². The van der Waals surface area contributed by atoms with Crippen LogP contribution in [0.4, 0.5) is 0 Å². The summed E-state index contributed by atoms with van der Waals surface area (Å²) in [6, 6.07) is 0. The van der Waals surface area contributed by atoms with E-state index in [0.29, 0.717) is 0 Å². The maximum Gasteiger partial charge on any atom is 0.00128 e. The number of allylic oxidation sites excluding steroid dienone is 1. The first-order valence-corrected chi connectivity index (χ1v) is 6.51. The lowest BCUT2D eigenvalue weighted by molar-refractivity contribution is 0.130. The highest BCUT2D eigenvalue weighted by Gasteiger charge is 2.57. The second-order valence-electron chi connectivity index (χ2n) is 6.16. The fourth-order valence-electron chi connectivity index (χ4n) is 4.58. The summed E-state index contributed by atoms with van der Waals surface area (Å²) < 4.78 is 0. The van der Waals surface area contributed by atoms with Crippen LogP contribution in [0.25, 0.3) is 0 Å². The number of likely N-dealkylation sites (tertiary alicyclic amines) is 1. The minimum absolute atomic E-state index is 0.971. The van der Waals surface area contributed by atoms with Crippen LogP contribution < -0.4 is 0 Å². The molecule has 0 radical (unpaired) electrons. The molecule has 1 heterocycles. The van der Waals surface area contributed by atoms with Gasteiger partial charge in [0.25, 0.3) is 0 Å². The summed E-state index contributed by atoms with van der Waals surface area (Å²) in [5.41, 5.74) is 0. The van der Waals surface area contributed by atoms with E-state index in [1.54, 1.807) is 0 Å². The monoisotopic (exact) mass is 205 g/mol. The van der Waals surface area contributed by atoms with Gasteiger partial charge in [0.15, 0.2) is 0 Å². The Morgan fingerprint density at radius 3 is 2.67 bits per heavy atom. The molecule has 2 aliphatic carbocycles. The first-order chi connectivity index (χ1) is 7.22. The predicted molar refractivity (Wildman–Crippen MR) is 63.5 cm³/mol. The molecular formula is C14H23N. The minimum atomic E-state index is 0.971. The predicted octanol–water partition coefficient (Wildman–Crippen LogP) is 2.64. The normalized spacial score (nSPS) is 53.5. The van der Waals surface area contributed by atoms with Crippen LogP contribution in [0, 0.1) is 35.5 Å². The van der Waals surface area contributed by atoms with E-state index in [9.17, 15) is 0 Å². The minimum Gasteiger partial charge on any atom is -0.306 e.